The van der Waals surface area contributed by atoms with E-state index >= 15 is 0 Å². The Morgan fingerprint density at radius 1 is 0.483 bits per heavy atom. The van der Waals surface area contributed by atoms with Crippen molar-refractivity contribution in [2.24, 2.45) is 0 Å². The molecule has 0 aliphatic carbocycles. The molecule has 0 bridgehead atoms. The molecule has 0 heterocycles. The summed E-state index contributed by atoms with van der Waals surface area (Å²) in [5.41, 5.74) is 5.59. The van der Waals surface area contributed by atoms with Gasteiger partial charge in [-0.15, -0.1) is 31.7 Å². The van der Waals surface area contributed by atoms with Crippen molar-refractivity contribution in [2.75, 3.05) is 53.3 Å². The van der Waals surface area contributed by atoms with E-state index in [1.807, 2.05) is 0 Å². The summed E-state index contributed by atoms with van der Waals surface area (Å²) in [7, 11) is 0.658. The third kappa shape index (κ3) is 15.4. The summed E-state index contributed by atoms with van der Waals surface area (Å²) >= 11 is 0. The number of hydrogen-bond acceptors (Lipinski definition) is 0. The van der Waals surface area contributed by atoms with Gasteiger partial charge in [0.05, 0.1) is 0 Å². The zero-order valence-electron chi connectivity index (χ0n) is 19.8. The molecule has 5 heteroatoms. The van der Waals surface area contributed by atoms with Crippen molar-refractivity contribution in [3.63, 3.8) is 0 Å². The first-order valence-electron chi connectivity index (χ1n) is 9.74. The van der Waals surface area contributed by atoms with Crippen LogP contribution in [0.2, 0.25) is 0 Å². The van der Waals surface area contributed by atoms with E-state index in [2.05, 4.69) is 102 Å². The van der Waals surface area contributed by atoms with Gasteiger partial charge in [-0.1, -0.05) is 0 Å². The molecule has 0 amide bonds. The number of benzene rings is 2. The van der Waals surface area contributed by atoms with E-state index in [1.54, 1.807) is 0 Å². The summed E-state index contributed by atoms with van der Waals surface area (Å²) in [6.07, 6.45) is 4.87. The monoisotopic (exact) mass is 474 g/mol. The van der Waals surface area contributed by atoms with Crippen LogP contribution in [0, 0.1) is 12.1 Å². The predicted octanol–water partition coefficient (Wildman–Crippen LogP) is 7.56. The first-order chi connectivity index (χ1) is 13.2. The van der Waals surface area contributed by atoms with E-state index in [4.69, 9.17) is 0 Å². The van der Waals surface area contributed by atoms with Gasteiger partial charge < -0.3 is 0 Å². The van der Waals surface area contributed by atoms with Crippen LogP contribution in [-0.2, 0) is 24.6 Å². The fourth-order valence-corrected chi connectivity index (χ4v) is 6.34. The van der Waals surface area contributed by atoms with Crippen molar-refractivity contribution in [1.82, 2.24) is 0 Å². The average molecular weight is 475 g/mol. The summed E-state index contributed by atoms with van der Waals surface area (Å²) in [5.74, 6) is 0. The van der Waals surface area contributed by atoms with E-state index in [9.17, 15) is 0 Å². The Balaban J connectivity index is 0.000000523. The van der Waals surface area contributed by atoms with Crippen LogP contribution in [0.3, 0.4) is 0 Å². The van der Waals surface area contributed by atoms with Gasteiger partial charge in [0.2, 0.25) is 0 Å². The van der Waals surface area contributed by atoms with Crippen LogP contribution in [0.4, 0.5) is 0 Å². The van der Waals surface area contributed by atoms with Crippen molar-refractivity contribution >= 4 is 54.7 Å². The van der Waals surface area contributed by atoms with E-state index in [0.29, 0.717) is 0 Å². The second-order valence-corrected chi connectivity index (χ2v) is 18.3. The molecule has 0 saturated heterocycles. The van der Waals surface area contributed by atoms with Gasteiger partial charge in [-0.05, 0) is 78.0 Å². The van der Waals surface area contributed by atoms with E-state index in [1.165, 1.54) is 46.9 Å². The van der Waals surface area contributed by atoms with Gasteiger partial charge in [0.15, 0.2) is 0 Å². The molecule has 0 atom stereocenters. The first-order valence-corrected chi connectivity index (χ1v) is 19.4. The maximum absolute atomic E-state index is 3.54. The van der Waals surface area contributed by atoms with Gasteiger partial charge in [0.1, 0.15) is 0 Å². The molecule has 29 heavy (non-hydrogen) atoms. The largest absolute Gasteiger partial charge is 2.00 e. The molecule has 0 aromatic heterocycles. The standard InChI is InChI=1S/2C12H19P2.Mg/c2*1-13(2)9-11-6-5-7-12(8-11)10-14(3)4;/h2*5-7H,9-10H2,1-4H3;/q2*-1;+2. The van der Waals surface area contributed by atoms with E-state index < -0.39 is 0 Å². The molecular weight excluding hydrogens is 436 g/mol. The molecule has 0 N–H and O–H groups in total. The van der Waals surface area contributed by atoms with Crippen molar-refractivity contribution < 1.29 is 0 Å². The van der Waals surface area contributed by atoms with Crippen LogP contribution in [-0.4, -0.2) is 76.4 Å². The third-order valence-electron chi connectivity index (χ3n) is 3.78. The molecule has 0 nitrogen and oxygen atoms in total. The van der Waals surface area contributed by atoms with Crippen LogP contribution in [0.15, 0.2) is 36.4 Å². The van der Waals surface area contributed by atoms with Gasteiger partial charge >= 0.3 is 23.1 Å². The van der Waals surface area contributed by atoms with Gasteiger partial charge in [-0.3, -0.25) is 0 Å². The third-order valence-corrected chi connectivity index (χ3v) is 7.67. The number of rotatable bonds is 8. The molecule has 0 unspecified atom stereocenters. The quantitative estimate of drug-likeness (QED) is 0.210. The van der Waals surface area contributed by atoms with Crippen molar-refractivity contribution in [3.8, 4) is 0 Å². The SMILES string of the molecule is CP(C)Cc1[c-]c(CP(C)C)ccc1.CP(C)Cc1[c-]c(CP(C)C)ccc1.[Mg+2]. The normalized spacial score (nSPS) is 10.9. The van der Waals surface area contributed by atoms with Crippen molar-refractivity contribution in [2.45, 2.75) is 24.6 Å². The van der Waals surface area contributed by atoms with Crippen LogP contribution >= 0.6 is 31.7 Å². The number of hydrogen-bond donors (Lipinski definition) is 0. The van der Waals surface area contributed by atoms with Gasteiger partial charge in [0.25, 0.3) is 0 Å². The van der Waals surface area contributed by atoms with Crippen LogP contribution in [0.5, 0.6) is 0 Å². The Kier molecular flexibility index (Phi) is 17.1. The maximum atomic E-state index is 3.54. The first kappa shape index (κ1) is 29.9. The Bertz CT molecular complexity index is 574. The summed E-state index contributed by atoms with van der Waals surface area (Å²) < 4.78 is 0. The molecule has 0 fully saturated rings. The van der Waals surface area contributed by atoms with Crippen LogP contribution < -0.4 is 0 Å². The average Bonchev–Trinajstić information content (AvgIpc) is 2.53. The second kappa shape index (κ2) is 16.5. The molecule has 2 aromatic rings. The molecule has 2 aromatic carbocycles. The zero-order valence-corrected chi connectivity index (χ0v) is 24.8. The fourth-order valence-electron chi connectivity index (χ4n) is 2.87. The van der Waals surface area contributed by atoms with E-state index in [-0.39, 0.29) is 54.7 Å². The summed E-state index contributed by atoms with van der Waals surface area (Å²) in [4.78, 5) is 0. The van der Waals surface area contributed by atoms with E-state index in [0.717, 1.165) is 0 Å². The van der Waals surface area contributed by atoms with Gasteiger partial charge in [0, 0.05) is 0 Å². The summed E-state index contributed by atoms with van der Waals surface area (Å²) in [6, 6.07) is 20.3. The molecule has 0 radical (unpaired) electrons. The Labute approximate surface area is 202 Å². The van der Waals surface area contributed by atoms with Gasteiger partial charge in [-0.25, -0.2) is 0 Å². The molecule has 2 rings (SSSR count). The van der Waals surface area contributed by atoms with Crippen LogP contribution in [0.1, 0.15) is 22.3 Å². The molecule has 0 saturated carbocycles. The maximum Gasteiger partial charge on any atom is 2.00 e. The minimum atomic E-state index is 0. The van der Waals surface area contributed by atoms with Crippen LogP contribution in [0.25, 0.3) is 0 Å². The molecule has 0 spiro atoms. The Hall–Kier alpha value is 0.926. The summed E-state index contributed by atoms with van der Waals surface area (Å²) in [6.45, 7) is 18.6. The van der Waals surface area contributed by atoms with Crippen molar-refractivity contribution in [3.05, 3.63) is 70.8 Å². The minimum absolute atomic E-state index is 0. The fraction of sp³-hybridized carbons (Fsp3) is 0.500. The Morgan fingerprint density at radius 3 is 0.862 bits per heavy atom. The molecule has 0 aliphatic rings. The molecule has 0 aliphatic heterocycles. The predicted molar refractivity (Wildman–Crippen MR) is 146 cm³/mol. The smallest absolute Gasteiger partial charge is 0.176 e. The molecular formula is C24H38MgP4. The van der Waals surface area contributed by atoms with Gasteiger partial charge in [-0.2, -0.15) is 70.8 Å². The zero-order chi connectivity index (χ0) is 21.1. The van der Waals surface area contributed by atoms with Crippen molar-refractivity contribution in [1.29, 1.82) is 0 Å². The summed E-state index contributed by atoms with van der Waals surface area (Å²) in [5, 5.41) is 0. The Morgan fingerprint density at radius 2 is 0.690 bits per heavy atom. The topological polar surface area (TPSA) is 0 Å². The minimum Gasteiger partial charge on any atom is -0.176 e. The second-order valence-electron chi connectivity index (χ2n) is 8.35. The molecule has 156 valence electrons.